The Hall–Kier alpha value is -2.43. The van der Waals surface area contributed by atoms with Gasteiger partial charge in [0.25, 0.3) is 5.91 Å². The van der Waals surface area contributed by atoms with Crippen LogP contribution in [0.2, 0.25) is 0 Å². The van der Waals surface area contributed by atoms with Crippen LogP contribution < -0.4 is 10.8 Å². The van der Waals surface area contributed by atoms with Crippen molar-refractivity contribution in [2.75, 3.05) is 6.54 Å². The highest BCUT2D eigenvalue weighted by Crippen LogP contribution is 2.27. The standard InChI is InChI=1S/C20H22N2O2/c23-20(22-24)11-8-16-6-9-18-17(14-16)12-13-21-19(18)10-7-15-4-2-1-3-5-15/h1-6,8-9,11,14,19,21,24H,7,10,12-13H2,(H,22,23)/b11-8+. The van der Waals surface area contributed by atoms with E-state index in [2.05, 4.69) is 41.7 Å². The summed E-state index contributed by atoms with van der Waals surface area (Å²) in [5.74, 6) is -0.518. The lowest BCUT2D eigenvalue weighted by Crippen LogP contribution is -2.30. The second-order valence-electron chi connectivity index (χ2n) is 6.05. The number of fused-ring (bicyclic) bond motifs is 1. The normalized spacial score (nSPS) is 16.8. The summed E-state index contributed by atoms with van der Waals surface area (Å²) in [4.78, 5) is 11.1. The second-order valence-corrected chi connectivity index (χ2v) is 6.05. The molecule has 1 amide bonds. The van der Waals surface area contributed by atoms with Gasteiger partial charge in [-0.2, -0.15) is 0 Å². The Morgan fingerprint density at radius 2 is 2.08 bits per heavy atom. The van der Waals surface area contributed by atoms with E-state index >= 15 is 0 Å². The predicted octanol–water partition coefficient (Wildman–Crippen LogP) is 3.02. The van der Waals surface area contributed by atoms with E-state index in [9.17, 15) is 4.79 Å². The molecule has 0 fully saturated rings. The summed E-state index contributed by atoms with van der Waals surface area (Å²) in [6.45, 7) is 0.969. The van der Waals surface area contributed by atoms with Crippen LogP contribution >= 0.6 is 0 Å². The van der Waals surface area contributed by atoms with Gasteiger partial charge in [-0.05, 0) is 54.1 Å². The number of carbonyl (C=O) groups excluding carboxylic acids is 1. The summed E-state index contributed by atoms with van der Waals surface area (Å²) in [7, 11) is 0. The molecular formula is C20H22N2O2. The lowest BCUT2D eigenvalue weighted by molar-refractivity contribution is -0.124. The first kappa shape index (κ1) is 16.4. The van der Waals surface area contributed by atoms with Crippen LogP contribution in [-0.2, 0) is 17.6 Å². The lowest BCUT2D eigenvalue weighted by atomic mass is 9.89. The average molecular weight is 322 g/mol. The molecule has 1 aliphatic rings. The molecule has 1 atom stereocenters. The Bertz CT molecular complexity index is 726. The van der Waals surface area contributed by atoms with Gasteiger partial charge in [0.15, 0.2) is 0 Å². The van der Waals surface area contributed by atoms with E-state index < -0.39 is 5.91 Å². The summed E-state index contributed by atoms with van der Waals surface area (Å²) < 4.78 is 0. The highest BCUT2D eigenvalue weighted by molar-refractivity contribution is 5.90. The zero-order valence-electron chi connectivity index (χ0n) is 13.5. The van der Waals surface area contributed by atoms with E-state index in [1.807, 2.05) is 12.1 Å². The van der Waals surface area contributed by atoms with Crippen LogP contribution in [0.4, 0.5) is 0 Å². The first-order valence-electron chi connectivity index (χ1n) is 8.28. The number of benzene rings is 2. The average Bonchev–Trinajstić information content (AvgIpc) is 2.64. The summed E-state index contributed by atoms with van der Waals surface area (Å²) >= 11 is 0. The third kappa shape index (κ3) is 4.10. The number of hydrogen-bond donors (Lipinski definition) is 3. The molecule has 24 heavy (non-hydrogen) atoms. The van der Waals surface area contributed by atoms with Crippen molar-refractivity contribution in [2.45, 2.75) is 25.3 Å². The van der Waals surface area contributed by atoms with Crippen molar-refractivity contribution in [3.8, 4) is 0 Å². The number of hydroxylamine groups is 1. The van der Waals surface area contributed by atoms with Crippen molar-refractivity contribution >= 4 is 12.0 Å². The van der Waals surface area contributed by atoms with Crippen molar-refractivity contribution in [1.29, 1.82) is 0 Å². The van der Waals surface area contributed by atoms with E-state index in [1.54, 1.807) is 11.6 Å². The fourth-order valence-electron chi connectivity index (χ4n) is 3.20. The van der Waals surface area contributed by atoms with Crippen LogP contribution in [0, 0.1) is 0 Å². The molecule has 1 aliphatic heterocycles. The number of rotatable bonds is 5. The molecule has 2 aromatic carbocycles. The minimum atomic E-state index is -0.518. The van der Waals surface area contributed by atoms with Gasteiger partial charge in [0.05, 0.1) is 0 Å². The molecule has 0 aliphatic carbocycles. The molecule has 4 nitrogen and oxygen atoms in total. The topological polar surface area (TPSA) is 61.4 Å². The number of hydrogen-bond acceptors (Lipinski definition) is 3. The minimum Gasteiger partial charge on any atom is -0.310 e. The SMILES string of the molecule is O=C(/C=C/c1ccc2c(c1)CCNC2CCc1ccccc1)NO. The van der Waals surface area contributed by atoms with Gasteiger partial charge in [0.2, 0.25) is 0 Å². The fourth-order valence-corrected chi connectivity index (χ4v) is 3.20. The first-order chi connectivity index (χ1) is 11.8. The summed E-state index contributed by atoms with van der Waals surface area (Å²) in [5, 5.41) is 12.1. The van der Waals surface area contributed by atoms with Gasteiger partial charge in [0, 0.05) is 12.1 Å². The second kappa shape index (κ2) is 7.90. The molecule has 3 N–H and O–H groups in total. The number of amides is 1. The molecule has 0 aromatic heterocycles. The Kier molecular flexibility index (Phi) is 5.41. The third-order valence-electron chi connectivity index (χ3n) is 4.43. The summed E-state index contributed by atoms with van der Waals surface area (Å²) in [5.41, 5.74) is 6.62. The predicted molar refractivity (Wildman–Crippen MR) is 94.6 cm³/mol. The number of carbonyl (C=O) groups is 1. The van der Waals surface area contributed by atoms with Gasteiger partial charge < -0.3 is 5.32 Å². The Balaban J connectivity index is 1.71. The zero-order valence-corrected chi connectivity index (χ0v) is 13.5. The Labute approximate surface area is 142 Å². The first-order valence-corrected chi connectivity index (χ1v) is 8.28. The van der Waals surface area contributed by atoms with Gasteiger partial charge in [-0.1, -0.05) is 48.5 Å². The molecule has 1 heterocycles. The maximum Gasteiger partial charge on any atom is 0.267 e. The van der Waals surface area contributed by atoms with Crippen molar-refractivity contribution in [3.63, 3.8) is 0 Å². The third-order valence-corrected chi connectivity index (χ3v) is 4.43. The molecule has 0 radical (unpaired) electrons. The van der Waals surface area contributed by atoms with Gasteiger partial charge in [-0.15, -0.1) is 0 Å². The molecule has 0 saturated carbocycles. The fraction of sp³-hybridized carbons (Fsp3) is 0.250. The van der Waals surface area contributed by atoms with Crippen molar-refractivity contribution in [2.24, 2.45) is 0 Å². The van der Waals surface area contributed by atoms with Gasteiger partial charge in [-0.3, -0.25) is 10.0 Å². The molecule has 4 heteroatoms. The number of aryl methyl sites for hydroxylation is 1. The Morgan fingerprint density at radius 1 is 1.25 bits per heavy atom. The summed E-state index contributed by atoms with van der Waals surface area (Å²) in [6, 6.07) is 17.2. The zero-order chi connectivity index (χ0) is 16.8. The van der Waals surface area contributed by atoms with Gasteiger partial charge >= 0.3 is 0 Å². The number of nitrogens with one attached hydrogen (secondary N) is 2. The molecule has 3 rings (SSSR count). The smallest absolute Gasteiger partial charge is 0.267 e. The molecule has 124 valence electrons. The largest absolute Gasteiger partial charge is 0.310 e. The van der Waals surface area contributed by atoms with Crippen LogP contribution in [0.5, 0.6) is 0 Å². The summed E-state index contributed by atoms with van der Waals surface area (Å²) in [6.07, 6.45) is 6.16. The molecular weight excluding hydrogens is 300 g/mol. The molecule has 0 bridgehead atoms. The maximum absolute atomic E-state index is 11.1. The van der Waals surface area contributed by atoms with E-state index in [0.29, 0.717) is 6.04 Å². The minimum absolute atomic E-state index is 0.368. The van der Waals surface area contributed by atoms with E-state index in [4.69, 9.17) is 5.21 Å². The van der Waals surface area contributed by atoms with Crippen molar-refractivity contribution in [3.05, 3.63) is 76.9 Å². The quantitative estimate of drug-likeness (QED) is 0.450. The molecule has 1 unspecified atom stereocenters. The van der Waals surface area contributed by atoms with Crippen LogP contribution in [0.25, 0.3) is 6.08 Å². The van der Waals surface area contributed by atoms with Gasteiger partial charge in [0.1, 0.15) is 0 Å². The van der Waals surface area contributed by atoms with Crippen LogP contribution in [0.3, 0.4) is 0 Å². The van der Waals surface area contributed by atoms with Crippen LogP contribution in [0.1, 0.15) is 34.7 Å². The van der Waals surface area contributed by atoms with Crippen molar-refractivity contribution < 1.29 is 10.0 Å². The Morgan fingerprint density at radius 3 is 2.88 bits per heavy atom. The van der Waals surface area contributed by atoms with Crippen molar-refractivity contribution in [1.82, 2.24) is 10.8 Å². The molecule has 0 saturated heterocycles. The van der Waals surface area contributed by atoms with Crippen LogP contribution in [0.15, 0.2) is 54.6 Å². The van der Waals surface area contributed by atoms with E-state index in [-0.39, 0.29) is 0 Å². The molecule has 2 aromatic rings. The van der Waals surface area contributed by atoms with Gasteiger partial charge in [-0.25, -0.2) is 5.48 Å². The lowest BCUT2D eigenvalue weighted by Gasteiger charge is -2.27. The van der Waals surface area contributed by atoms with E-state index in [0.717, 1.165) is 31.4 Å². The maximum atomic E-state index is 11.1. The molecule has 0 spiro atoms. The highest BCUT2D eigenvalue weighted by Gasteiger charge is 2.19. The van der Waals surface area contributed by atoms with E-state index in [1.165, 1.54) is 22.8 Å². The monoisotopic (exact) mass is 322 g/mol. The van der Waals surface area contributed by atoms with Crippen LogP contribution in [-0.4, -0.2) is 17.7 Å². The highest BCUT2D eigenvalue weighted by atomic mass is 16.5.